The minimum absolute atomic E-state index is 0.328. The van der Waals surface area contributed by atoms with E-state index in [2.05, 4.69) is 5.32 Å². The summed E-state index contributed by atoms with van der Waals surface area (Å²) in [7, 11) is 2.97. The first-order chi connectivity index (χ1) is 17.0. The van der Waals surface area contributed by atoms with E-state index in [1.807, 2.05) is 13.0 Å². The third-order valence-electron chi connectivity index (χ3n) is 4.89. The molecule has 0 aliphatic carbocycles. The number of esters is 1. The van der Waals surface area contributed by atoms with Crippen molar-refractivity contribution in [2.75, 3.05) is 26.1 Å². The van der Waals surface area contributed by atoms with E-state index in [0.717, 1.165) is 0 Å². The van der Waals surface area contributed by atoms with Crippen molar-refractivity contribution in [3.8, 4) is 17.2 Å². The van der Waals surface area contributed by atoms with Gasteiger partial charge in [-0.2, -0.15) is 0 Å². The molecule has 7 nitrogen and oxygen atoms in total. The summed E-state index contributed by atoms with van der Waals surface area (Å²) in [4.78, 5) is 25.8. The number of carbonyl (C=O) groups is 2. The summed E-state index contributed by atoms with van der Waals surface area (Å²) < 4.78 is 21.6. The minimum Gasteiger partial charge on any atom is -0.493 e. The fourth-order valence-corrected chi connectivity index (χ4v) is 3.60. The number of carbonyl (C=O) groups excluding carboxylic acids is 2. The molecule has 3 aromatic rings. The molecule has 1 amide bonds. The van der Waals surface area contributed by atoms with E-state index in [-0.39, 0.29) is 0 Å². The van der Waals surface area contributed by atoms with Crippen LogP contribution < -0.4 is 19.5 Å². The molecular weight excluding hydrogens is 470 g/mol. The average Bonchev–Trinajstić information content (AvgIpc) is 2.87. The Labute approximate surface area is 209 Å². The van der Waals surface area contributed by atoms with Crippen molar-refractivity contribution < 1.29 is 28.5 Å². The largest absolute Gasteiger partial charge is 0.493 e. The van der Waals surface area contributed by atoms with Crippen LogP contribution in [0, 0.1) is 0 Å². The highest BCUT2D eigenvalue weighted by atomic mass is 35.5. The molecule has 0 saturated carbocycles. The lowest BCUT2D eigenvalue weighted by atomic mass is 10.1. The molecule has 0 bridgehead atoms. The standard InChI is InChI=1S/C27H26ClNO6/c1-4-34-22-13-9-8-12-21(22)29-27(31)25(19-10-6-5-7-11-19)35-24(30)15-14-18-16-20(28)26(33-3)23(17-18)32-2/h5-17,25H,4H2,1-3H3,(H,29,31)/b15-14+. The van der Waals surface area contributed by atoms with Crippen molar-refractivity contribution in [1.82, 2.24) is 0 Å². The van der Waals surface area contributed by atoms with Gasteiger partial charge in [-0.1, -0.05) is 54.1 Å². The monoisotopic (exact) mass is 495 g/mol. The van der Waals surface area contributed by atoms with Crippen LogP contribution in [0.3, 0.4) is 0 Å². The Morgan fingerprint density at radius 1 is 0.971 bits per heavy atom. The predicted octanol–water partition coefficient (Wildman–Crippen LogP) is 5.69. The molecule has 3 rings (SSSR count). The van der Waals surface area contributed by atoms with E-state index >= 15 is 0 Å². The summed E-state index contributed by atoms with van der Waals surface area (Å²) in [5.74, 6) is 0.105. The van der Waals surface area contributed by atoms with E-state index in [1.165, 1.54) is 26.4 Å². The number of amides is 1. The number of para-hydroxylation sites is 2. The van der Waals surface area contributed by atoms with Gasteiger partial charge in [0.25, 0.3) is 5.91 Å². The Balaban J connectivity index is 1.81. The number of halogens is 1. The maximum Gasteiger partial charge on any atom is 0.331 e. The van der Waals surface area contributed by atoms with Gasteiger partial charge in [-0.05, 0) is 42.8 Å². The van der Waals surface area contributed by atoms with Crippen LogP contribution in [0.1, 0.15) is 24.2 Å². The Morgan fingerprint density at radius 3 is 2.37 bits per heavy atom. The van der Waals surface area contributed by atoms with Crippen LogP contribution in [0.25, 0.3) is 6.08 Å². The lowest BCUT2D eigenvalue weighted by Gasteiger charge is -2.18. The van der Waals surface area contributed by atoms with Crippen LogP contribution in [-0.2, 0) is 14.3 Å². The molecule has 0 spiro atoms. The molecule has 0 saturated heterocycles. The van der Waals surface area contributed by atoms with Crippen molar-refractivity contribution in [3.63, 3.8) is 0 Å². The number of hydrogen-bond acceptors (Lipinski definition) is 6. The van der Waals surface area contributed by atoms with Gasteiger partial charge in [-0.3, -0.25) is 4.79 Å². The third-order valence-corrected chi connectivity index (χ3v) is 5.17. The van der Waals surface area contributed by atoms with Crippen molar-refractivity contribution >= 4 is 35.2 Å². The predicted molar refractivity (Wildman–Crippen MR) is 135 cm³/mol. The number of anilines is 1. The molecule has 3 aromatic carbocycles. The Kier molecular flexibility index (Phi) is 9.15. The zero-order valence-electron chi connectivity index (χ0n) is 19.6. The molecule has 0 fully saturated rings. The number of nitrogens with one attached hydrogen (secondary N) is 1. The molecule has 0 heterocycles. The zero-order valence-corrected chi connectivity index (χ0v) is 20.4. The molecular formula is C27H26ClNO6. The SMILES string of the molecule is CCOc1ccccc1NC(=O)C(OC(=O)/C=C/c1cc(Cl)c(OC)c(OC)c1)c1ccccc1. The Hall–Kier alpha value is -3.97. The van der Waals surface area contributed by atoms with Gasteiger partial charge in [0.2, 0.25) is 6.10 Å². The summed E-state index contributed by atoms with van der Waals surface area (Å²) >= 11 is 6.23. The van der Waals surface area contributed by atoms with Gasteiger partial charge in [0.15, 0.2) is 11.5 Å². The topological polar surface area (TPSA) is 83.1 Å². The fraction of sp³-hybridized carbons (Fsp3) is 0.185. The van der Waals surface area contributed by atoms with Gasteiger partial charge >= 0.3 is 5.97 Å². The van der Waals surface area contributed by atoms with Gasteiger partial charge in [0.05, 0.1) is 31.5 Å². The van der Waals surface area contributed by atoms with Gasteiger partial charge in [0.1, 0.15) is 5.75 Å². The molecule has 8 heteroatoms. The van der Waals surface area contributed by atoms with Crippen LogP contribution in [-0.4, -0.2) is 32.7 Å². The molecule has 0 aliphatic heterocycles. The van der Waals surface area contributed by atoms with Crippen LogP contribution >= 0.6 is 11.6 Å². The second-order valence-corrected chi connectivity index (χ2v) is 7.62. The van der Waals surface area contributed by atoms with Gasteiger partial charge < -0.3 is 24.3 Å². The normalized spacial score (nSPS) is 11.5. The van der Waals surface area contributed by atoms with E-state index in [4.69, 9.17) is 30.5 Å². The Bertz CT molecular complexity index is 1200. The van der Waals surface area contributed by atoms with Crippen LogP contribution in [0.4, 0.5) is 5.69 Å². The quantitative estimate of drug-likeness (QED) is 0.287. The summed E-state index contributed by atoms with van der Waals surface area (Å²) in [5.41, 5.74) is 1.59. The molecule has 0 aromatic heterocycles. The second-order valence-electron chi connectivity index (χ2n) is 7.22. The van der Waals surface area contributed by atoms with Gasteiger partial charge in [-0.15, -0.1) is 0 Å². The molecule has 182 valence electrons. The highest BCUT2D eigenvalue weighted by Gasteiger charge is 2.25. The van der Waals surface area contributed by atoms with Crippen molar-refractivity contribution in [2.45, 2.75) is 13.0 Å². The smallest absolute Gasteiger partial charge is 0.331 e. The van der Waals surface area contributed by atoms with Crippen molar-refractivity contribution in [1.29, 1.82) is 0 Å². The summed E-state index contributed by atoms with van der Waals surface area (Å²) in [5, 5.41) is 3.12. The summed E-state index contributed by atoms with van der Waals surface area (Å²) in [6.07, 6.45) is 1.55. The lowest BCUT2D eigenvalue weighted by molar-refractivity contribution is -0.149. The van der Waals surface area contributed by atoms with Crippen LogP contribution in [0.5, 0.6) is 17.2 Å². The number of benzene rings is 3. The number of rotatable bonds is 10. The average molecular weight is 496 g/mol. The first-order valence-electron chi connectivity index (χ1n) is 10.8. The van der Waals surface area contributed by atoms with Crippen molar-refractivity contribution in [2.24, 2.45) is 0 Å². The maximum absolute atomic E-state index is 13.2. The number of hydrogen-bond donors (Lipinski definition) is 1. The third kappa shape index (κ3) is 6.77. The van der Waals surface area contributed by atoms with Gasteiger partial charge in [-0.25, -0.2) is 4.79 Å². The van der Waals surface area contributed by atoms with E-state index < -0.39 is 18.0 Å². The summed E-state index contributed by atoms with van der Waals surface area (Å²) in [6.45, 7) is 2.29. The minimum atomic E-state index is -1.18. The molecule has 35 heavy (non-hydrogen) atoms. The highest BCUT2D eigenvalue weighted by Crippen LogP contribution is 2.36. The molecule has 1 N–H and O–H groups in total. The lowest BCUT2D eigenvalue weighted by Crippen LogP contribution is -2.25. The number of ether oxygens (including phenoxy) is 4. The number of methoxy groups -OCH3 is 2. The van der Waals surface area contributed by atoms with Crippen LogP contribution in [0.2, 0.25) is 5.02 Å². The highest BCUT2D eigenvalue weighted by molar-refractivity contribution is 6.32. The second kappa shape index (κ2) is 12.5. The zero-order chi connectivity index (χ0) is 25.2. The van der Waals surface area contributed by atoms with E-state index in [1.54, 1.807) is 60.7 Å². The van der Waals surface area contributed by atoms with Crippen LogP contribution in [0.15, 0.2) is 72.8 Å². The van der Waals surface area contributed by atoms with Gasteiger partial charge in [0, 0.05) is 11.6 Å². The summed E-state index contributed by atoms with van der Waals surface area (Å²) in [6, 6.07) is 19.1. The first-order valence-corrected chi connectivity index (χ1v) is 11.2. The molecule has 0 radical (unpaired) electrons. The fourth-order valence-electron chi connectivity index (χ4n) is 3.30. The van der Waals surface area contributed by atoms with Crippen molar-refractivity contribution in [3.05, 3.63) is 89.0 Å². The molecule has 1 unspecified atom stereocenters. The molecule has 0 aliphatic rings. The first kappa shape index (κ1) is 25.6. The molecule has 1 atom stereocenters. The van der Waals surface area contributed by atoms with E-state index in [9.17, 15) is 9.59 Å². The van der Waals surface area contributed by atoms with E-state index in [0.29, 0.717) is 45.7 Å². The Morgan fingerprint density at radius 2 is 1.69 bits per heavy atom. The maximum atomic E-state index is 13.2.